The Hall–Kier alpha value is -1.23. The number of methoxy groups -OCH3 is 3. The fourth-order valence-corrected chi connectivity index (χ4v) is 2.32. The van der Waals surface area contributed by atoms with E-state index in [0.29, 0.717) is 29.8 Å². The lowest BCUT2D eigenvalue weighted by Crippen LogP contribution is -2.05. The highest BCUT2D eigenvalue weighted by molar-refractivity contribution is 7.80. The van der Waals surface area contributed by atoms with Crippen molar-refractivity contribution in [2.75, 3.05) is 33.7 Å². The van der Waals surface area contributed by atoms with Crippen LogP contribution in [-0.2, 0) is 0 Å². The van der Waals surface area contributed by atoms with E-state index in [0.717, 1.165) is 24.3 Å². The Kier molecular flexibility index (Phi) is 7.44. The quantitative estimate of drug-likeness (QED) is 0.709. The lowest BCUT2D eigenvalue weighted by Gasteiger charge is -2.15. The van der Waals surface area contributed by atoms with Crippen molar-refractivity contribution in [1.82, 2.24) is 0 Å². The highest BCUT2D eigenvalue weighted by Crippen LogP contribution is 2.40. The zero-order valence-electron chi connectivity index (χ0n) is 12.6. The molecule has 0 saturated carbocycles. The standard InChI is InChI=1S/C15H24O4S/c1-11(6-8-20)5-7-19-12-9-13(16-2)15(18-4)14(10-12)17-3/h9-11,20H,5-8H2,1-4H3. The Bertz CT molecular complexity index is 384. The smallest absolute Gasteiger partial charge is 0.203 e. The molecule has 0 fully saturated rings. The molecule has 0 heterocycles. The highest BCUT2D eigenvalue weighted by atomic mass is 32.1. The molecule has 0 aromatic heterocycles. The molecular weight excluding hydrogens is 276 g/mol. The summed E-state index contributed by atoms with van der Waals surface area (Å²) < 4.78 is 21.6. The van der Waals surface area contributed by atoms with E-state index in [1.165, 1.54) is 0 Å². The van der Waals surface area contributed by atoms with Crippen LogP contribution in [0.4, 0.5) is 0 Å². The maximum Gasteiger partial charge on any atom is 0.203 e. The molecule has 0 radical (unpaired) electrons. The van der Waals surface area contributed by atoms with Gasteiger partial charge >= 0.3 is 0 Å². The minimum atomic E-state index is 0.575. The second-order valence-corrected chi connectivity index (χ2v) is 5.06. The average molecular weight is 300 g/mol. The summed E-state index contributed by atoms with van der Waals surface area (Å²) in [6.45, 7) is 2.86. The normalized spacial score (nSPS) is 11.8. The van der Waals surface area contributed by atoms with Crippen LogP contribution >= 0.6 is 12.6 Å². The first-order valence-electron chi connectivity index (χ1n) is 6.69. The molecule has 1 rings (SSSR count). The monoisotopic (exact) mass is 300 g/mol. The number of hydrogen-bond donors (Lipinski definition) is 1. The van der Waals surface area contributed by atoms with Crippen LogP contribution in [0.1, 0.15) is 19.8 Å². The maximum absolute atomic E-state index is 5.77. The Morgan fingerprint density at radius 2 is 1.60 bits per heavy atom. The van der Waals surface area contributed by atoms with Gasteiger partial charge in [0.25, 0.3) is 0 Å². The second-order valence-electron chi connectivity index (χ2n) is 4.62. The van der Waals surface area contributed by atoms with Crippen molar-refractivity contribution in [3.05, 3.63) is 12.1 Å². The summed E-state index contributed by atoms with van der Waals surface area (Å²) in [6, 6.07) is 3.62. The van der Waals surface area contributed by atoms with Crippen LogP contribution in [0.15, 0.2) is 12.1 Å². The summed E-state index contributed by atoms with van der Waals surface area (Å²) in [6.07, 6.45) is 2.10. The minimum Gasteiger partial charge on any atom is -0.493 e. The molecule has 0 aliphatic carbocycles. The minimum absolute atomic E-state index is 0.575. The molecule has 0 aliphatic heterocycles. The average Bonchev–Trinajstić information content (AvgIpc) is 2.46. The van der Waals surface area contributed by atoms with Gasteiger partial charge in [-0.2, -0.15) is 12.6 Å². The fourth-order valence-electron chi connectivity index (χ4n) is 1.88. The van der Waals surface area contributed by atoms with Crippen LogP contribution in [-0.4, -0.2) is 33.7 Å². The van der Waals surface area contributed by atoms with Crippen molar-refractivity contribution in [2.45, 2.75) is 19.8 Å². The summed E-state index contributed by atoms with van der Waals surface area (Å²) in [5.41, 5.74) is 0. The predicted octanol–water partition coefficient (Wildman–Crippen LogP) is 3.44. The van der Waals surface area contributed by atoms with Crippen molar-refractivity contribution in [2.24, 2.45) is 5.92 Å². The Balaban J connectivity index is 2.71. The molecule has 0 spiro atoms. The molecule has 0 saturated heterocycles. The zero-order valence-corrected chi connectivity index (χ0v) is 13.5. The van der Waals surface area contributed by atoms with Gasteiger partial charge in [0, 0.05) is 12.1 Å². The SMILES string of the molecule is COc1cc(OCCC(C)CCS)cc(OC)c1OC. The van der Waals surface area contributed by atoms with Gasteiger partial charge in [0.15, 0.2) is 11.5 Å². The summed E-state index contributed by atoms with van der Waals surface area (Å²) in [5, 5.41) is 0. The molecule has 1 aromatic rings. The van der Waals surface area contributed by atoms with E-state index >= 15 is 0 Å². The Morgan fingerprint density at radius 1 is 1.00 bits per heavy atom. The third-order valence-electron chi connectivity index (χ3n) is 3.14. The third kappa shape index (κ3) is 4.71. The van der Waals surface area contributed by atoms with Crippen molar-refractivity contribution in [3.8, 4) is 23.0 Å². The molecule has 1 unspecified atom stereocenters. The van der Waals surface area contributed by atoms with Gasteiger partial charge in [-0.3, -0.25) is 0 Å². The Labute approximate surface area is 126 Å². The van der Waals surface area contributed by atoms with Crippen molar-refractivity contribution in [1.29, 1.82) is 0 Å². The summed E-state index contributed by atoms with van der Waals surface area (Å²) in [7, 11) is 4.77. The van der Waals surface area contributed by atoms with Crippen molar-refractivity contribution in [3.63, 3.8) is 0 Å². The number of benzene rings is 1. The largest absolute Gasteiger partial charge is 0.493 e. The lowest BCUT2D eigenvalue weighted by molar-refractivity contribution is 0.274. The molecule has 1 atom stereocenters. The zero-order chi connectivity index (χ0) is 15.0. The summed E-state index contributed by atoms with van der Waals surface area (Å²) >= 11 is 4.24. The van der Waals surface area contributed by atoms with Crippen molar-refractivity contribution >= 4 is 12.6 Å². The van der Waals surface area contributed by atoms with Crippen LogP contribution in [0.5, 0.6) is 23.0 Å². The van der Waals surface area contributed by atoms with Gasteiger partial charge in [-0.1, -0.05) is 6.92 Å². The molecule has 0 N–H and O–H groups in total. The van der Waals surface area contributed by atoms with E-state index in [4.69, 9.17) is 18.9 Å². The van der Waals surface area contributed by atoms with E-state index in [9.17, 15) is 0 Å². The van der Waals surface area contributed by atoms with Gasteiger partial charge in [-0.05, 0) is 24.5 Å². The number of thiol groups is 1. The van der Waals surface area contributed by atoms with Gasteiger partial charge in [0.1, 0.15) is 5.75 Å². The molecule has 1 aromatic carbocycles. The molecule has 4 nitrogen and oxygen atoms in total. The van der Waals surface area contributed by atoms with E-state index in [2.05, 4.69) is 19.6 Å². The second kappa shape index (κ2) is 8.84. The van der Waals surface area contributed by atoms with Crippen LogP contribution in [0, 0.1) is 5.92 Å². The van der Waals surface area contributed by atoms with E-state index in [-0.39, 0.29) is 0 Å². The van der Waals surface area contributed by atoms with Crippen molar-refractivity contribution < 1.29 is 18.9 Å². The third-order valence-corrected chi connectivity index (χ3v) is 3.40. The van der Waals surface area contributed by atoms with E-state index < -0.39 is 0 Å². The first-order chi connectivity index (χ1) is 9.65. The van der Waals surface area contributed by atoms with Gasteiger partial charge in [-0.25, -0.2) is 0 Å². The van der Waals surface area contributed by atoms with Crippen LogP contribution < -0.4 is 18.9 Å². The molecule has 0 amide bonds. The molecular formula is C15H24O4S. The summed E-state index contributed by atoms with van der Waals surface area (Å²) in [5.74, 6) is 4.01. The molecule has 0 aliphatic rings. The first-order valence-corrected chi connectivity index (χ1v) is 7.33. The predicted molar refractivity (Wildman–Crippen MR) is 83.8 cm³/mol. The van der Waals surface area contributed by atoms with E-state index in [1.54, 1.807) is 21.3 Å². The summed E-state index contributed by atoms with van der Waals surface area (Å²) in [4.78, 5) is 0. The maximum atomic E-state index is 5.77. The highest BCUT2D eigenvalue weighted by Gasteiger charge is 2.14. The van der Waals surface area contributed by atoms with E-state index in [1.807, 2.05) is 12.1 Å². The molecule has 20 heavy (non-hydrogen) atoms. The molecule has 5 heteroatoms. The van der Waals surface area contributed by atoms with Gasteiger partial charge in [0.2, 0.25) is 5.75 Å². The van der Waals surface area contributed by atoms with Crippen LogP contribution in [0.3, 0.4) is 0 Å². The molecule has 114 valence electrons. The number of hydrogen-bond acceptors (Lipinski definition) is 5. The van der Waals surface area contributed by atoms with Gasteiger partial charge in [0.05, 0.1) is 27.9 Å². The van der Waals surface area contributed by atoms with Gasteiger partial charge < -0.3 is 18.9 Å². The Morgan fingerprint density at radius 3 is 2.05 bits per heavy atom. The van der Waals surface area contributed by atoms with Crippen LogP contribution in [0.25, 0.3) is 0 Å². The fraction of sp³-hybridized carbons (Fsp3) is 0.600. The number of rotatable bonds is 9. The first kappa shape index (κ1) is 16.8. The molecule has 0 bridgehead atoms. The van der Waals surface area contributed by atoms with Gasteiger partial charge in [-0.15, -0.1) is 0 Å². The van der Waals surface area contributed by atoms with Crippen LogP contribution in [0.2, 0.25) is 0 Å². The lowest BCUT2D eigenvalue weighted by atomic mass is 10.1. The topological polar surface area (TPSA) is 36.9 Å². The number of ether oxygens (including phenoxy) is 4.